The van der Waals surface area contributed by atoms with Gasteiger partial charge in [-0.15, -0.1) is 3.77 Å². The summed E-state index contributed by atoms with van der Waals surface area (Å²) in [4.78, 5) is 0. The minimum absolute atomic E-state index is 0.326. The van der Waals surface area contributed by atoms with Gasteiger partial charge in [-0.2, -0.15) is 21.6 Å². The zero-order valence-corrected chi connectivity index (χ0v) is 9.79. The van der Waals surface area contributed by atoms with E-state index in [0.717, 1.165) is 0 Å². The zero-order valence-electron chi connectivity index (χ0n) is 8.15. The Bertz CT molecular complexity index is 334. The molecule has 1 unspecified atom stereocenters. The van der Waals surface area contributed by atoms with Crippen LogP contribution in [0.25, 0.3) is 0 Å². The van der Waals surface area contributed by atoms with Crippen LogP contribution in [0.4, 0.5) is 13.2 Å². The minimum Gasteiger partial charge on any atom is -0.255 e. The quantitative estimate of drug-likeness (QED) is 0.816. The Morgan fingerprint density at radius 3 is 2.00 bits per heavy atom. The van der Waals surface area contributed by atoms with Crippen molar-refractivity contribution >= 4 is 21.1 Å². The first-order valence-corrected chi connectivity index (χ1v) is 6.58. The highest BCUT2D eigenvalue weighted by molar-refractivity contribution is 7.98. The molecule has 0 aromatic carbocycles. The van der Waals surface area contributed by atoms with Gasteiger partial charge in [-0.3, -0.25) is 5.14 Å². The monoisotopic (exact) mass is 267 g/mol. The standard InChI is InChI=1S/C5H12F3N3O2S2/c1-3-11(4-2)14(9)10-15(12,13)5(6,7)8/h3-4H2,1-2H3,(H2,9,10). The fourth-order valence-corrected chi connectivity index (χ4v) is 2.73. The Hall–Kier alpha value is -0.190. The Labute approximate surface area is 88.9 Å². The third-order valence-electron chi connectivity index (χ3n) is 1.44. The molecule has 0 radical (unpaired) electrons. The van der Waals surface area contributed by atoms with E-state index in [2.05, 4.69) is 3.77 Å². The zero-order chi connectivity index (χ0) is 12.3. The Kier molecular flexibility index (Phi) is 5.17. The smallest absolute Gasteiger partial charge is 0.255 e. The van der Waals surface area contributed by atoms with Gasteiger partial charge >= 0.3 is 15.5 Å². The normalized spacial score (nSPS) is 15.9. The molecule has 0 aliphatic heterocycles. The maximum Gasteiger partial charge on any atom is 0.519 e. The Balaban J connectivity index is 5.07. The van der Waals surface area contributed by atoms with Gasteiger partial charge < -0.3 is 0 Å². The molecule has 0 amide bonds. The molecular weight excluding hydrogens is 255 g/mol. The van der Waals surface area contributed by atoms with Gasteiger partial charge in [-0.1, -0.05) is 13.8 Å². The lowest BCUT2D eigenvalue weighted by molar-refractivity contribution is -0.0434. The number of nitrogens with zero attached hydrogens (tertiary/aromatic N) is 2. The predicted octanol–water partition coefficient (Wildman–Crippen LogP) is 0.768. The lowest BCUT2D eigenvalue weighted by Crippen LogP contribution is -2.33. The van der Waals surface area contributed by atoms with Gasteiger partial charge in [0, 0.05) is 13.1 Å². The van der Waals surface area contributed by atoms with Crippen LogP contribution in [0.1, 0.15) is 13.8 Å². The van der Waals surface area contributed by atoms with E-state index in [1.54, 1.807) is 13.8 Å². The number of alkyl halides is 3. The van der Waals surface area contributed by atoms with Crippen molar-refractivity contribution in [3.63, 3.8) is 0 Å². The van der Waals surface area contributed by atoms with Crippen LogP contribution in [-0.4, -0.2) is 31.3 Å². The summed E-state index contributed by atoms with van der Waals surface area (Å²) in [7, 11) is -5.49. The second kappa shape index (κ2) is 5.23. The molecule has 0 saturated carbocycles. The summed E-state index contributed by atoms with van der Waals surface area (Å²) in [5, 5.41) is 5.23. The van der Waals surface area contributed by atoms with Gasteiger partial charge in [0.05, 0.1) is 11.1 Å². The van der Waals surface area contributed by atoms with Crippen LogP contribution in [0.5, 0.6) is 0 Å². The van der Waals surface area contributed by atoms with E-state index in [-0.39, 0.29) is 0 Å². The van der Waals surface area contributed by atoms with Crippen molar-refractivity contribution in [1.82, 2.24) is 4.31 Å². The van der Waals surface area contributed by atoms with E-state index in [9.17, 15) is 21.6 Å². The van der Waals surface area contributed by atoms with Gasteiger partial charge in [0.15, 0.2) is 0 Å². The fourth-order valence-electron chi connectivity index (χ4n) is 0.678. The number of nitrogens with two attached hydrogens (primary N) is 1. The molecule has 0 aliphatic rings. The van der Waals surface area contributed by atoms with Crippen molar-refractivity contribution in [3.8, 4) is 0 Å². The predicted molar refractivity (Wildman–Crippen MR) is 51.9 cm³/mol. The van der Waals surface area contributed by atoms with E-state index in [0.29, 0.717) is 13.1 Å². The van der Waals surface area contributed by atoms with Gasteiger partial charge in [0.25, 0.3) is 0 Å². The maximum absolute atomic E-state index is 11.9. The van der Waals surface area contributed by atoms with E-state index in [1.807, 2.05) is 0 Å². The number of halogens is 3. The lowest BCUT2D eigenvalue weighted by atomic mass is 10.7. The summed E-state index contributed by atoms with van der Waals surface area (Å²) >= 11 is -1.77. The summed E-state index contributed by atoms with van der Waals surface area (Å²) in [6.07, 6.45) is 0. The van der Waals surface area contributed by atoms with Crippen molar-refractivity contribution in [3.05, 3.63) is 0 Å². The molecule has 0 rings (SSSR count). The van der Waals surface area contributed by atoms with Crippen molar-refractivity contribution in [2.24, 2.45) is 8.91 Å². The summed E-state index contributed by atoms with van der Waals surface area (Å²) in [6, 6.07) is 0. The molecule has 0 bridgehead atoms. The van der Waals surface area contributed by atoms with Crippen molar-refractivity contribution in [2.75, 3.05) is 13.1 Å². The fraction of sp³-hybridized carbons (Fsp3) is 1.00. The summed E-state index contributed by atoms with van der Waals surface area (Å²) in [5.41, 5.74) is -5.38. The van der Waals surface area contributed by atoms with Crippen molar-refractivity contribution in [2.45, 2.75) is 19.4 Å². The van der Waals surface area contributed by atoms with Crippen LogP contribution < -0.4 is 5.14 Å². The molecule has 0 fully saturated rings. The summed E-state index contributed by atoms with van der Waals surface area (Å²) < 4.78 is 60.9. The van der Waals surface area contributed by atoms with Gasteiger partial charge in [0.1, 0.15) is 0 Å². The van der Waals surface area contributed by atoms with E-state index >= 15 is 0 Å². The Morgan fingerprint density at radius 2 is 1.73 bits per heavy atom. The van der Waals surface area contributed by atoms with Crippen LogP contribution >= 0.6 is 0 Å². The summed E-state index contributed by atoms with van der Waals surface area (Å²) in [6.45, 7) is 3.94. The third kappa shape index (κ3) is 4.05. The first-order valence-electron chi connectivity index (χ1n) is 3.93. The van der Waals surface area contributed by atoms with Crippen molar-refractivity contribution in [1.29, 1.82) is 0 Å². The number of hydrogen-bond acceptors (Lipinski definition) is 2. The molecule has 0 aromatic heterocycles. The van der Waals surface area contributed by atoms with E-state index in [1.165, 1.54) is 4.31 Å². The SMILES string of the molecule is CCN(CC)S(N)=NS(=O)(=O)C(F)(F)F. The maximum atomic E-state index is 11.9. The van der Waals surface area contributed by atoms with E-state index < -0.39 is 26.6 Å². The van der Waals surface area contributed by atoms with Crippen LogP contribution in [0, 0.1) is 0 Å². The molecular formula is C5H12F3N3O2S2. The van der Waals surface area contributed by atoms with Gasteiger partial charge in [-0.25, -0.2) is 4.31 Å². The Morgan fingerprint density at radius 1 is 1.33 bits per heavy atom. The molecule has 0 aromatic rings. The first kappa shape index (κ1) is 14.8. The number of rotatable bonds is 4. The van der Waals surface area contributed by atoms with Gasteiger partial charge in [0.2, 0.25) is 0 Å². The average Bonchev–Trinajstić information content (AvgIpc) is 2.03. The topological polar surface area (TPSA) is 75.8 Å². The molecule has 0 aliphatic carbocycles. The molecule has 0 heterocycles. The first-order chi connectivity index (χ1) is 6.65. The second-order valence-corrected chi connectivity index (χ2v) is 5.51. The highest BCUT2D eigenvalue weighted by atomic mass is 32.3. The average molecular weight is 267 g/mol. The molecule has 15 heavy (non-hydrogen) atoms. The molecule has 5 nitrogen and oxygen atoms in total. The second-order valence-electron chi connectivity index (χ2n) is 2.40. The molecule has 1 atom stereocenters. The van der Waals surface area contributed by atoms with Crippen LogP contribution in [-0.2, 0) is 21.1 Å². The molecule has 10 heteroatoms. The third-order valence-corrected chi connectivity index (χ3v) is 4.46. The highest BCUT2D eigenvalue weighted by Gasteiger charge is 2.46. The summed E-state index contributed by atoms with van der Waals surface area (Å²) in [5.74, 6) is 0. The van der Waals surface area contributed by atoms with Gasteiger partial charge in [-0.05, 0) is 0 Å². The number of sulfonamides is 1. The van der Waals surface area contributed by atoms with Crippen LogP contribution in [0.3, 0.4) is 0 Å². The highest BCUT2D eigenvalue weighted by Crippen LogP contribution is 2.25. The van der Waals surface area contributed by atoms with Crippen LogP contribution in [0.15, 0.2) is 3.77 Å². The van der Waals surface area contributed by atoms with Crippen LogP contribution in [0.2, 0.25) is 0 Å². The van der Waals surface area contributed by atoms with E-state index in [4.69, 9.17) is 5.14 Å². The lowest BCUT2D eigenvalue weighted by Gasteiger charge is -2.17. The molecule has 92 valence electrons. The molecule has 0 spiro atoms. The largest absolute Gasteiger partial charge is 0.519 e. The molecule has 0 saturated heterocycles. The minimum atomic E-state index is -5.49. The molecule has 2 N–H and O–H groups in total. The number of hydrogen-bond donors (Lipinski definition) is 1. The van der Waals surface area contributed by atoms with Crippen molar-refractivity contribution < 1.29 is 21.6 Å².